The molecule has 0 saturated heterocycles. The molecule has 0 aliphatic heterocycles. The summed E-state index contributed by atoms with van der Waals surface area (Å²) >= 11 is 0. The third kappa shape index (κ3) is 4.37. The Kier molecular flexibility index (Phi) is 6.06. The Balaban J connectivity index is 1.24. The SMILES string of the molecule is c1ccc(-c2cc(-c3ccccc3)nc(-c3cccc(-c4nc5cnc6c(ccc7cccnc76)c5c5ccccc45)c3)n2)cc1. The molecular formula is C41H25N5. The molecular weight excluding hydrogens is 562 g/mol. The van der Waals surface area contributed by atoms with Crippen LogP contribution in [0.2, 0.25) is 0 Å². The van der Waals surface area contributed by atoms with Crippen LogP contribution >= 0.6 is 0 Å². The quantitative estimate of drug-likeness (QED) is 0.192. The minimum Gasteiger partial charge on any atom is -0.254 e. The van der Waals surface area contributed by atoms with E-state index in [0.717, 1.165) is 82.8 Å². The van der Waals surface area contributed by atoms with Crippen molar-refractivity contribution in [3.8, 4) is 45.2 Å². The number of aromatic nitrogens is 5. The molecule has 5 aromatic carbocycles. The van der Waals surface area contributed by atoms with E-state index < -0.39 is 0 Å². The van der Waals surface area contributed by atoms with Crippen LogP contribution in [0.25, 0.3) is 88.6 Å². The van der Waals surface area contributed by atoms with Crippen LogP contribution in [-0.4, -0.2) is 24.9 Å². The monoisotopic (exact) mass is 587 g/mol. The van der Waals surface area contributed by atoms with Gasteiger partial charge in [-0.25, -0.2) is 15.0 Å². The summed E-state index contributed by atoms with van der Waals surface area (Å²) in [4.78, 5) is 24.9. The van der Waals surface area contributed by atoms with Gasteiger partial charge in [-0.2, -0.15) is 0 Å². The molecule has 0 spiro atoms. The van der Waals surface area contributed by atoms with E-state index in [1.807, 2.05) is 54.9 Å². The molecule has 0 radical (unpaired) electrons. The van der Waals surface area contributed by atoms with E-state index in [2.05, 4.69) is 102 Å². The van der Waals surface area contributed by atoms with E-state index in [0.29, 0.717) is 5.82 Å². The number of hydrogen-bond acceptors (Lipinski definition) is 5. The number of rotatable bonds is 4. The van der Waals surface area contributed by atoms with E-state index in [1.165, 1.54) is 0 Å². The van der Waals surface area contributed by atoms with Gasteiger partial charge in [0.05, 0.1) is 39.8 Å². The third-order valence-electron chi connectivity index (χ3n) is 8.53. The van der Waals surface area contributed by atoms with Crippen molar-refractivity contribution in [2.75, 3.05) is 0 Å². The summed E-state index contributed by atoms with van der Waals surface area (Å²) in [5.74, 6) is 0.666. The summed E-state index contributed by atoms with van der Waals surface area (Å²) < 4.78 is 0. The summed E-state index contributed by atoms with van der Waals surface area (Å²) in [5.41, 5.74) is 9.29. The van der Waals surface area contributed by atoms with Gasteiger partial charge >= 0.3 is 0 Å². The van der Waals surface area contributed by atoms with Crippen molar-refractivity contribution in [2.45, 2.75) is 0 Å². The predicted molar refractivity (Wildman–Crippen MR) is 187 cm³/mol. The Labute approximate surface area is 264 Å². The van der Waals surface area contributed by atoms with Crippen LogP contribution in [0.1, 0.15) is 0 Å². The fourth-order valence-electron chi connectivity index (χ4n) is 6.36. The first-order chi connectivity index (χ1) is 22.8. The molecule has 214 valence electrons. The first-order valence-corrected chi connectivity index (χ1v) is 15.3. The molecule has 0 aliphatic carbocycles. The topological polar surface area (TPSA) is 64.5 Å². The molecule has 4 heterocycles. The van der Waals surface area contributed by atoms with Crippen LogP contribution in [0.5, 0.6) is 0 Å². The predicted octanol–water partition coefficient (Wildman–Crippen LogP) is 9.94. The molecule has 0 saturated carbocycles. The van der Waals surface area contributed by atoms with Crippen LogP contribution in [0.15, 0.2) is 152 Å². The average molecular weight is 588 g/mol. The lowest BCUT2D eigenvalue weighted by Gasteiger charge is -2.13. The molecule has 5 nitrogen and oxygen atoms in total. The second-order valence-corrected chi connectivity index (χ2v) is 11.3. The van der Waals surface area contributed by atoms with Gasteiger partial charge in [-0.15, -0.1) is 0 Å². The normalized spacial score (nSPS) is 11.5. The standard InChI is InChI=1S/C41H25N5/c1-3-11-26(12-4-1)34-24-35(27-13-5-2-6-14-27)46-41(45-34)30-16-9-15-29(23-30)38-32-19-8-7-18-31(32)37-33-21-20-28-17-10-22-42-39(28)40(33)43-25-36(37)44-38/h1-25H. The molecule has 4 aromatic heterocycles. The fourth-order valence-corrected chi connectivity index (χ4v) is 6.36. The largest absolute Gasteiger partial charge is 0.254 e. The van der Waals surface area contributed by atoms with Crippen molar-refractivity contribution in [1.82, 2.24) is 24.9 Å². The third-order valence-corrected chi connectivity index (χ3v) is 8.53. The Morgan fingerprint density at radius 1 is 0.413 bits per heavy atom. The van der Waals surface area contributed by atoms with Gasteiger partial charge in [0.2, 0.25) is 0 Å². The average Bonchev–Trinajstić information content (AvgIpc) is 3.14. The van der Waals surface area contributed by atoms with Crippen LogP contribution in [0, 0.1) is 0 Å². The van der Waals surface area contributed by atoms with E-state index in [9.17, 15) is 0 Å². The summed E-state index contributed by atoms with van der Waals surface area (Å²) in [5, 5.41) is 5.40. The summed E-state index contributed by atoms with van der Waals surface area (Å²) in [6.45, 7) is 0. The zero-order valence-corrected chi connectivity index (χ0v) is 24.7. The lowest BCUT2D eigenvalue weighted by Crippen LogP contribution is -1.97. The maximum atomic E-state index is 5.25. The molecule has 0 unspecified atom stereocenters. The van der Waals surface area contributed by atoms with Crippen molar-refractivity contribution >= 4 is 43.5 Å². The van der Waals surface area contributed by atoms with E-state index in [4.69, 9.17) is 19.9 Å². The summed E-state index contributed by atoms with van der Waals surface area (Å²) in [7, 11) is 0. The molecule has 0 fully saturated rings. The van der Waals surface area contributed by atoms with Gasteiger partial charge in [0.1, 0.15) is 0 Å². The summed E-state index contributed by atoms with van der Waals surface area (Å²) in [6.07, 6.45) is 3.70. The van der Waals surface area contributed by atoms with Gasteiger partial charge < -0.3 is 0 Å². The zero-order chi connectivity index (χ0) is 30.5. The highest BCUT2D eigenvalue weighted by Crippen LogP contribution is 2.38. The number of fused-ring (bicyclic) bond motifs is 7. The van der Waals surface area contributed by atoms with Crippen molar-refractivity contribution in [3.05, 3.63) is 152 Å². The van der Waals surface area contributed by atoms with Crippen LogP contribution in [0.3, 0.4) is 0 Å². The highest BCUT2D eigenvalue weighted by atomic mass is 14.9. The number of benzene rings is 5. The molecule has 0 bridgehead atoms. The van der Waals surface area contributed by atoms with E-state index >= 15 is 0 Å². The smallest absolute Gasteiger partial charge is 0.160 e. The Hall–Kier alpha value is -6.33. The van der Waals surface area contributed by atoms with Gasteiger partial charge in [-0.3, -0.25) is 9.97 Å². The second-order valence-electron chi connectivity index (χ2n) is 11.3. The van der Waals surface area contributed by atoms with Crippen LogP contribution in [-0.2, 0) is 0 Å². The van der Waals surface area contributed by atoms with E-state index in [-0.39, 0.29) is 0 Å². The number of nitrogens with zero attached hydrogens (tertiary/aromatic N) is 5. The van der Waals surface area contributed by atoms with Crippen LogP contribution in [0.4, 0.5) is 0 Å². The Morgan fingerprint density at radius 2 is 1.09 bits per heavy atom. The Morgan fingerprint density at radius 3 is 1.85 bits per heavy atom. The van der Waals surface area contributed by atoms with Gasteiger partial charge in [0.15, 0.2) is 5.82 Å². The molecule has 0 N–H and O–H groups in total. The molecule has 0 aliphatic rings. The number of hydrogen-bond donors (Lipinski definition) is 0. The maximum absolute atomic E-state index is 5.25. The minimum absolute atomic E-state index is 0.666. The molecule has 9 rings (SSSR count). The van der Waals surface area contributed by atoms with Crippen molar-refractivity contribution in [3.63, 3.8) is 0 Å². The summed E-state index contributed by atoms with van der Waals surface area (Å²) in [6, 6.07) is 47.7. The van der Waals surface area contributed by atoms with Crippen LogP contribution < -0.4 is 0 Å². The Bertz CT molecular complexity index is 2520. The number of pyridine rings is 3. The van der Waals surface area contributed by atoms with Gasteiger partial charge in [0, 0.05) is 50.0 Å². The fraction of sp³-hybridized carbons (Fsp3) is 0. The van der Waals surface area contributed by atoms with Crippen molar-refractivity contribution in [1.29, 1.82) is 0 Å². The lowest BCUT2D eigenvalue weighted by atomic mass is 9.97. The molecule has 0 atom stereocenters. The maximum Gasteiger partial charge on any atom is 0.160 e. The second kappa shape index (κ2) is 10.7. The molecule has 0 amide bonds. The first kappa shape index (κ1) is 26.1. The molecule has 9 aromatic rings. The van der Waals surface area contributed by atoms with E-state index in [1.54, 1.807) is 0 Å². The highest BCUT2D eigenvalue weighted by molar-refractivity contribution is 6.23. The lowest BCUT2D eigenvalue weighted by molar-refractivity contribution is 1.18. The highest BCUT2D eigenvalue weighted by Gasteiger charge is 2.16. The molecule has 5 heteroatoms. The van der Waals surface area contributed by atoms with Gasteiger partial charge in [-0.1, -0.05) is 121 Å². The van der Waals surface area contributed by atoms with Gasteiger partial charge in [0.25, 0.3) is 0 Å². The van der Waals surface area contributed by atoms with Crippen molar-refractivity contribution in [2.24, 2.45) is 0 Å². The first-order valence-electron chi connectivity index (χ1n) is 15.3. The van der Waals surface area contributed by atoms with Crippen molar-refractivity contribution < 1.29 is 0 Å². The minimum atomic E-state index is 0.666. The molecule has 46 heavy (non-hydrogen) atoms. The zero-order valence-electron chi connectivity index (χ0n) is 24.7. The van der Waals surface area contributed by atoms with Gasteiger partial charge in [-0.05, 0) is 23.6 Å².